The van der Waals surface area contributed by atoms with Gasteiger partial charge in [0.15, 0.2) is 6.61 Å². The van der Waals surface area contributed by atoms with Crippen LogP contribution in [-0.4, -0.2) is 30.6 Å². The third-order valence-corrected chi connectivity index (χ3v) is 2.27. The van der Waals surface area contributed by atoms with Crippen LogP contribution < -0.4 is 0 Å². The highest BCUT2D eigenvalue weighted by Crippen LogP contribution is 2.20. The number of likely N-dealkylation sites (tertiary alicyclic amines) is 1. The maximum absolute atomic E-state index is 5.15. The van der Waals surface area contributed by atoms with Crippen molar-refractivity contribution in [2.75, 3.05) is 19.7 Å². The fourth-order valence-electron chi connectivity index (χ4n) is 1.47. The Morgan fingerprint density at radius 1 is 1.30 bits per heavy atom. The van der Waals surface area contributed by atoms with Crippen molar-refractivity contribution in [2.24, 2.45) is 0 Å². The topological polar surface area (TPSA) is 12.5 Å². The Bertz CT molecular complexity index is 106. The van der Waals surface area contributed by atoms with E-state index >= 15 is 0 Å². The first kappa shape index (κ1) is 6.62. The van der Waals surface area contributed by atoms with Crippen LogP contribution in [0.2, 0.25) is 0 Å². The molecule has 0 saturated carbocycles. The quantitative estimate of drug-likeness (QED) is 0.535. The molecule has 2 saturated heterocycles. The summed E-state index contributed by atoms with van der Waals surface area (Å²) in [5.74, 6) is 0. The van der Waals surface area contributed by atoms with E-state index in [2.05, 4.69) is 11.5 Å². The minimum Gasteiger partial charge on any atom is -0.367 e. The van der Waals surface area contributed by atoms with Gasteiger partial charge in [0.05, 0.1) is 0 Å². The number of nitrogens with zero attached hydrogens (tertiary/aromatic N) is 1. The zero-order valence-corrected chi connectivity index (χ0v) is 6.18. The van der Waals surface area contributed by atoms with E-state index < -0.39 is 0 Å². The third-order valence-electron chi connectivity index (χ3n) is 2.27. The first-order valence-corrected chi connectivity index (χ1v) is 4.08. The minimum absolute atomic E-state index is 0.516. The van der Waals surface area contributed by atoms with Crippen LogP contribution in [0.15, 0.2) is 0 Å². The van der Waals surface area contributed by atoms with Crippen LogP contribution in [0.5, 0.6) is 0 Å². The molecule has 0 N–H and O–H groups in total. The van der Waals surface area contributed by atoms with Gasteiger partial charge in [-0.25, -0.2) is 0 Å². The predicted octanol–water partition coefficient (Wildman–Crippen LogP) is 0.910. The first-order chi connectivity index (χ1) is 4.97. The number of ether oxygens (including phenoxy) is 1. The van der Waals surface area contributed by atoms with E-state index in [0.29, 0.717) is 6.04 Å². The SMILES string of the molecule is [C]1OCCCC1N1CCC1. The minimum atomic E-state index is 0.516. The van der Waals surface area contributed by atoms with Gasteiger partial charge in [0.2, 0.25) is 0 Å². The fourth-order valence-corrected chi connectivity index (χ4v) is 1.47. The molecule has 0 aromatic rings. The number of hydrogen-bond donors (Lipinski definition) is 0. The summed E-state index contributed by atoms with van der Waals surface area (Å²) in [6.45, 7) is 6.43. The third kappa shape index (κ3) is 1.18. The Balaban J connectivity index is 1.78. The van der Waals surface area contributed by atoms with E-state index in [0.717, 1.165) is 6.61 Å². The lowest BCUT2D eigenvalue weighted by Gasteiger charge is -2.39. The van der Waals surface area contributed by atoms with Crippen molar-refractivity contribution in [1.29, 1.82) is 0 Å². The average molecular weight is 139 g/mol. The van der Waals surface area contributed by atoms with Gasteiger partial charge in [0.25, 0.3) is 0 Å². The monoisotopic (exact) mass is 139 g/mol. The number of hydrogen-bond acceptors (Lipinski definition) is 2. The van der Waals surface area contributed by atoms with Crippen molar-refractivity contribution in [3.05, 3.63) is 6.61 Å². The largest absolute Gasteiger partial charge is 0.367 e. The Labute approximate surface area is 62.2 Å². The van der Waals surface area contributed by atoms with E-state index in [1.54, 1.807) is 0 Å². The van der Waals surface area contributed by atoms with Crippen LogP contribution >= 0.6 is 0 Å². The molecule has 1 atom stereocenters. The molecule has 2 nitrogen and oxygen atoms in total. The molecule has 0 spiro atoms. The van der Waals surface area contributed by atoms with Gasteiger partial charge in [-0.3, -0.25) is 4.90 Å². The maximum atomic E-state index is 5.15. The lowest BCUT2D eigenvalue weighted by Crippen LogP contribution is -2.46. The smallest absolute Gasteiger partial charge is 0.150 e. The van der Waals surface area contributed by atoms with Crippen molar-refractivity contribution in [1.82, 2.24) is 4.90 Å². The van der Waals surface area contributed by atoms with Crippen LogP contribution in [0, 0.1) is 6.61 Å². The van der Waals surface area contributed by atoms with Crippen LogP contribution in [0.1, 0.15) is 19.3 Å². The van der Waals surface area contributed by atoms with Crippen molar-refractivity contribution < 1.29 is 4.74 Å². The Morgan fingerprint density at radius 3 is 2.70 bits per heavy atom. The van der Waals surface area contributed by atoms with Crippen molar-refractivity contribution in [3.63, 3.8) is 0 Å². The molecular formula is C8H13NO. The highest BCUT2D eigenvalue weighted by Gasteiger charge is 2.26. The molecule has 2 radical (unpaired) electrons. The predicted molar refractivity (Wildman–Crippen MR) is 38.4 cm³/mol. The Kier molecular flexibility index (Phi) is 1.91. The highest BCUT2D eigenvalue weighted by molar-refractivity contribution is 4.86. The van der Waals surface area contributed by atoms with Gasteiger partial charge in [0, 0.05) is 12.6 Å². The summed E-state index contributed by atoms with van der Waals surface area (Å²) < 4.78 is 5.15. The van der Waals surface area contributed by atoms with Crippen LogP contribution in [-0.2, 0) is 4.74 Å². The van der Waals surface area contributed by atoms with Gasteiger partial charge in [-0.2, -0.15) is 0 Å². The zero-order valence-electron chi connectivity index (χ0n) is 6.18. The van der Waals surface area contributed by atoms with E-state index in [1.807, 2.05) is 0 Å². The van der Waals surface area contributed by atoms with Crippen LogP contribution in [0.25, 0.3) is 0 Å². The molecule has 2 aliphatic heterocycles. The van der Waals surface area contributed by atoms with Crippen LogP contribution in [0.4, 0.5) is 0 Å². The molecule has 0 aliphatic carbocycles. The molecule has 1 unspecified atom stereocenters. The van der Waals surface area contributed by atoms with Crippen molar-refractivity contribution in [3.8, 4) is 0 Å². The van der Waals surface area contributed by atoms with Crippen molar-refractivity contribution >= 4 is 0 Å². The zero-order chi connectivity index (χ0) is 6.81. The van der Waals surface area contributed by atoms with E-state index in [1.165, 1.54) is 32.4 Å². The van der Waals surface area contributed by atoms with Gasteiger partial charge in [-0.15, -0.1) is 0 Å². The summed E-state index contributed by atoms with van der Waals surface area (Å²) in [5, 5.41) is 0. The normalized spacial score (nSPS) is 35.4. The molecule has 0 aromatic heterocycles. The summed E-state index contributed by atoms with van der Waals surface area (Å²) in [7, 11) is 0. The molecule has 2 heterocycles. The summed E-state index contributed by atoms with van der Waals surface area (Å²) in [5.41, 5.74) is 0. The summed E-state index contributed by atoms with van der Waals surface area (Å²) in [6.07, 6.45) is 3.81. The highest BCUT2D eigenvalue weighted by atomic mass is 16.5. The Hall–Kier alpha value is -0.0800. The number of rotatable bonds is 1. The van der Waals surface area contributed by atoms with Gasteiger partial charge in [-0.05, 0) is 32.4 Å². The van der Waals surface area contributed by atoms with Gasteiger partial charge in [0.1, 0.15) is 0 Å². The summed E-state index contributed by atoms with van der Waals surface area (Å²) >= 11 is 0. The lowest BCUT2D eigenvalue weighted by molar-refractivity contribution is 0.0373. The molecule has 0 bridgehead atoms. The summed E-state index contributed by atoms with van der Waals surface area (Å²) in [4.78, 5) is 2.43. The Morgan fingerprint density at radius 2 is 2.20 bits per heavy atom. The molecule has 2 fully saturated rings. The molecular weight excluding hydrogens is 126 g/mol. The molecule has 2 heteroatoms. The molecule has 0 aromatic carbocycles. The second-order valence-electron chi connectivity index (χ2n) is 3.01. The van der Waals surface area contributed by atoms with Gasteiger partial charge in [-0.1, -0.05) is 0 Å². The second kappa shape index (κ2) is 2.89. The second-order valence-corrected chi connectivity index (χ2v) is 3.01. The first-order valence-electron chi connectivity index (χ1n) is 4.08. The molecule has 56 valence electrons. The van der Waals surface area contributed by atoms with E-state index in [-0.39, 0.29) is 0 Å². The standard InChI is InChI=1S/C8H13NO/c1-3-8(7-10-6-1)9-4-2-5-9/h8H,1-6H2. The maximum Gasteiger partial charge on any atom is 0.150 e. The molecule has 2 rings (SSSR count). The van der Waals surface area contributed by atoms with Crippen LogP contribution in [0.3, 0.4) is 0 Å². The lowest BCUT2D eigenvalue weighted by atomic mass is 10.0. The molecule has 10 heavy (non-hydrogen) atoms. The van der Waals surface area contributed by atoms with Crippen molar-refractivity contribution in [2.45, 2.75) is 25.3 Å². The molecule has 2 aliphatic rings. The van der Waals surface area contributed by atoms with Gasteiger partial charge < -0.3 is 4.74 Å². The average Bonchev–Trinajstić information content (AvgIpc) is 1.86. The van der Waals surface area contributed by atoms with E-state index in [9.17, 15) is 0 Å². The van der Waals surface area contributed by atoms with E-state index in [4.69, 9.17) is 4.74 Å². The summed E-state index contributed by atoms with van der Waals surface area (Å²) in [6, 6.07) is 0.516. The van der Waals surface area contributed by atoms with Gasteiger partial charge >= 0.3 is 0 Å². The fraction of sp³-hybridized carbons (Fsp3) is 0.875. The molecule has 0 amide bonds.